The van der Waals surface area contributed by atoms with Crippen molar-refractivity contribution in [2.24, 2.45) is 0 Å². The largest absolute Gasteiger partial charge is 0.405 e. The Kier molecular flexibility index (Phi) is 4.37. The van der Waals surface area contributed by atoms with E-state index in [9.17, 15) is 18.0 Å². The monoisotopic (exact) mass is 330 g/mol. The summed E-state index contributed by atoms with van der Waals surface area (Å²) in [4.78, 5) is 13.0. The van der Waals surface area contributed by atoms with Crippen LogP contribution in [0.3, 0.4) is 0 Å². The van der Waals surface area contributed by atoms with E-state index in [0.717, 1.165) is 5.56 Å². The minimum atomic E-state index is -4.38. The van der Waals surface area contributed by atoms with Crippen molar-refractivity contribution in [2.45, 2.75) is 32.5 Å². The predicted molar refractivity (Wildman–Crippen MR) is 83.6 cm³/mol. The molecule has 0 amide bonds. The Hall–Kier alpha value is -1.76. The second-order valence-electron chi connectivity index (χ2n) is 5.90. The molecule has 22 heavy (non-hydrogen) atoms. The number of benzene rings is 1. The molecule has 0 aliphatic carbocycles. The van der Waals surface area contributed by atoms with Crippen LogP contribution in [0.15, 0.2) is 35.1 Å². The SMILES string of the molecule is CC(C)(C)n1sc(-c2ccccc2)c(NCC(F)(F)F)c1=O. The van der Waals surface area contributed by atoms with Gasteiger partial charge < -0.3 is 5.32 Å². The minimum Gasteiger partial charge on any atom is -0.371 e. The maximum absolute atomic E-state index is 12.5. The highest BCUT2D eigenvalue weighted by Gasteiger charge is 2.30. The molecule has 3 nitrogen and oxygen atoms in total. The number of hydrogen-bond donors (Lipinski definition) is 1. The number of halogens is 3. The van der Waals surface area contributed by atoms with Crippen LogP contribution in [-0.4, -0.2) is 16.7 Å². The lowest BCUT2D eigenvalue weighted by Crippen LogP contribution is -2.31. The van der Waals surface area contributed by atoms with E-state index in [1.807, 2.05) is 26.8 Å². The summed E-state index contributed by atoms with van der Waals surface area (Å²) in [5.74, 6) is 0. The molecule has 0 atom stereocenters. The first-order valence-electron chi connectivity index (χ1n) is 6.72. The number of nitrogens with one attached hydrogen (secondary N) is 1. The maximum Gasteiger partial charge on any atom is 0.405 e. The van der Waals surface area contributed by atoms with Crippen LogP contribution in [-0.2, 0) is 5.54 Å². The zero-order valence-electron chi connectivity index (χ0n) is 12.5. The highest BCUT2D eigenvalue weighted by atomic mass is 32.1. The molecule has 1 aromatic carbocycles. The van der Waals surface area contributed by atoms with Crippen LogP contribution in [0.25, 0.3) is 10.4 Å². The molecule has 0 aliphatic heterocycles. The molecule has 0 radical (unpaired) electrons. The summed E-state index contributed by atoms with van der Waals surface area (Å²) in [5, 5.41) is 2.26. The summed E-state index contributed by atoms with van der Waals surface area (Å²) in [5.41, 5.74) is -0.204. The van der Waals surface area contributed by atoms with Crippen LogP contribution < -0.4 is 10.9 Å². The smallest absolute Gasteiger partial charge is 0.371 e. The van der Waals surface area contributed by atoms with Crippen LogP contribution >= 0.6 is 11.5 Å². The molecule has 0 saturated heterocycles. The summed E-state index contributed by atoms with van der Waals surface area (Å²) in [6.07, 6.45) is -4.38. The summed E-state index contributed by atoms with van der Waals surface area (Å²) in [6.45, 7) is 4.29. The Bertz CT molecular complexity index is 696. The van der Waals surface area contributed by atoms with Gasteiger partial charge in [0.25, 0.3) is 5.56 Å². The van der Waals surface area contributed by atoms with Gasteiger partial charge in [-0.05, 0) is 26.3 Å². The average Bonchev–Trinajstić information content (AvgIpc) is 2.73. The van der Waals surface area contributed by atoms with Gasteiger partial charge in [-0.15, -0.1) is 0 Å². The number of nitrogens with zero attached hydrogens (tertiary/aromatic N) is 1. The number of aromatic nitrogens is 1. The predicted octanol–water partition coefficient (Wildman–Crippen LogP) is 4.31. The van der Waals surface area contributed by atoms with E-state index in [0.29, 0.717) is 4.88 Å². The second-order valence-corrected chi connectivity index (χ2v) is 6.86. The van der Waals surface area contributed by atoms with Crippen molar-refractivity contribution < 1.29 is 13.2 Å². The zero-order chi connectivity index (χ0) is 16.5. The summed E-state index contributed by atoms with van der Waals surface area (Å²) < 4.78 is 38.9. The Labute approximate surface area is 130 Å². The van der Waals surface area contributed by atoms with Gasteiger partial charge in [0, 0.05) is 0 Å². The molecular weight excluding hydrogens is 313 g/mol. The Morgan fingerprint density at radius 2 is 1.73 bits per heavy atom. The Morgan fingerprint density at radius 1 is 1.14 bits per heavy atom. The van der Waals surface area contributed by atoms with Crippen molar-refractivity contribution in [3.05, 3.63) is 40.7 Å². The van der Waals surface area contributed by atoms with Crippen LogP contribution in [0.5, 0.6) is 0 Å². The van der Waals surface area contributed by atoms with Crippen molar-refractivity contribution in [2.75, 3.05) is 11.9 Å². The zero-order valence-corrected chi connectivity index (χ0v) is 13.3. The van der Waals surface area contributed by atoms with Gasteiger partial charge in [0.2, 0.25) is 0 Å². The molecule has 0 spiro atoms. The van der Waals surface area contributed by atoms with Gasteiger partial charge in [0.15, 0.2) is 0 Å². The van der Waals surface area contributed by atoms with Gasteiger partial charge in [-0.1, -0.05) is 41.9 Å². The van der Waals surface area contributed by atoms with Gasteiger partial charge in [0.1, 0.15) is 12.2 Å². The van der Waals surface area contributed by atoms with E-state index in [-0.39, 0.29) is 5.69 Å². The van der Waals surface area contributed by atoms with E-state index in [4.69, 9.17) is 0 Å². The summed E-state index contributed by atoms with van der Waals surface area (Å²) in [7, 11) is 0. The maximum atomic E-state index is 12.5. The average molecular weight is 330 g/mol. The molecule has 1 aromatic heterocycles. The third-order valence-electron chi connectivity index (χ3n) is 2.92. The van der Waals surface area contributed by atoms with Crippen molar-refractivity contribution in [3.8, 4) is 10.4 Å². The standard InChI is InChI=1S/C15H17F3N2OS/c1-14(2,3)20-13(21)11(19-9-15(16,17)18)12(22-20)10-7-5-4-6-8-10/h4-8,19H,9H2,1-3H3. The summed E-state index contributed by atoms with van der Waals surface area (Å²) in [6, 6.07) is 8.94. The third-order valence-corrected chi connectivity index (χ3v) is 4.44. The van der Waals surface area contributed by atoms with E-state index >= 15 is 0 Å². The molecular formula is C15H17F3N2OS. The van der Waals surface area contributed by atoms with E-state index < -0.39 is 23.8 Å². The normalized spacial score (nSPS) is 12.5. The molecule has 1 heterocycles. The molecule has 0 aliphatic rings. The fourth-order valence-corrected chi connectivity index (χ4v) is 3.07. The van der Waals surface area contributed by atoms with Crippen molar-refractivity contribution in [3.63, 3.8) is 0 Å². The van der Waals surface area contributed by atoms with Gasteiger partial charge >= 0.3 is 6.18 Å². The van der Waals surface area contributed by atoms with Crippen LogP contribution in [0.1, 0.15) is 20.8 Å². The fraction of sp³-hybridized carbons (Fsp3) is 0.400. The number of anilines is 1. The quantitative estimate of drug-likeness (QED) is 0.910. The first-order valence-corrected chi connectivity index (χ1v) is 7.50. The van der Waals surface area contributed by atoms with Crippen LogP contribution in [0.2, 0.25) is 0 Å². The van der Waals surface area contributed by atoms with Crippen molar-refractivity contribution >= 4 is 17.2 Å². The molecule has 0 saturated carbocycles. The second kappa shape index (κ2) is 5.79. The highest BCUT2D eigenvalue weighted by Crippen LogP contribution is 2.33. The van der Waals surface area contributed by atoms with E-state index in [1.54, 1.807) is 24.3 Å². The third kappa shape index (κ3) is 3.71. The number of hydrogen-bond acceptors (Lipinski definition) is 3. The van der Waals surface area contributed by atoms with Gasteiger partial charge in [-0.3, -0.25) is 8.75 Å². The van der Waals surface area contributed by atoms with Gasteiger partial charge in [-0.25, -0.2) is 0 Å². The highest BCUT2D eigenvalue weighted by molar-refractivity contribution is 7.11. The first kappa shape index (κ1) is 16.6. The molecule has 120 valence electrons. The molecule has 2 aromatic rings. The van der Waals surface area contributed by atoms with Gasteiger partial charge in [-0.2, -0.15) is 13.2 Å². The lowest BCUT2D eigenvalue weighted by Gasteiger charge is -2.18. The summed E-state index contributed by atoms with van der Waals surface area (Å²) >= 11 is 1.17. The fourth-order valence-electron chi connectivity index (χ4n) is 1.95. The minimum absolute atomic E-state index is 0.00319. The molecule has 0 fully saturated rings. The molecule has 0 unspecified atom stereocenters. The Balaban J connectivity index is 2.54. The molecule has 1 N–H and O–H groups in total. The first-order chi connectivity index (χ1) is 10.1. The topological polar surface area (TPSA) is 34.0 Å². The number of rotatable bonds is 3. The van der Waals surface area contributed by atoms with Crippen LogP contribution in [0.4, 0.5) is 18.9 Å². The van der Waals surface area contributed by atoms with E-state index in [2.05, 4.69) is 5.32 Å². The van der Waals surface area contributed by atoms with Crippen molar-refractivity contribution in [1.29, 1.82) is 0 Å². The van der Waals surface area contributed by atoms with Crippen LogP contribution in [0, 0.1) is 0 Å². The number of alkyl halides is 3. The lowest BCUT2D eigenvalue weighted by molar-refractivity contribution is -0.115. The molecule has 2 rings (SSSR count). The molecule has 0 bridgehead atoms. The lowest BCUT2D eigenvalue weighted by atomic mass is 10.1. The van der Waals surface area contributed by atoms with Crippen molar-refractivity contribution in [1.82, 2.24) is 3.96 Å². The Morgan fingerprint density at radius 3 is 2.23 bits per heavy atom. The van der Waals surface area contributed by atoms with Gasteiger partial charge in [0.05, 0.1) is 10.4 Å². The van der Waals surface area contributed by atoms with E-state index in [1.165, 1.54) is 15.5 Å². The molecule has 7 heteroatoms.